The van der Waals surface area contributed by atoms with Gasteiger partial charge in [-0.15, -0.1) is 0 Å². The summed E-state index contributed by atoms with van der Waals surface area (Å²) >= 11 is 0. The first-order valence-corrected chi connectivity index (χ1v) is 17.2. The van der Waals surface area contributed by atoms with Gasteiger partial charge in [0.05, 0.1) is 18.2 Å². The van der Waals surface area contributed by atoms with Gasteiger partial charge in [-0.1, -0.05) is 79.8 Å². The van der Waals surface area contributed by atoms with E-state index in [2.05, 4.69) is 108 Å². The lowest BCUT2D eigenvalue weighted by molar-refractivity contribution is -0.0879. The molecule has 1 aromatic carbocycles. The van der Waals surface area contributed by atoms with Crippen LogP contribution in [0.15, 0.2) is 119 Å². The SMILES string of the molecule is CCC(C=N)C1=CC2OC3C=CC=CC3C3(C4=C(CC(N5C6=C(CNC=C6)C6CCC=CC65)CC4)Oc4ccccc43)C2C=C1. The van der Waals surface area contributed by atoms with Crippen LogP contribution in [0.4, 0.5) is 0 Å². The minimum absolute atomic E-state index is 0.0164. The highest BCUT2D eigenvalue weighted by Crippen LogP contribution is 2.62. The molecule has 1 fully saturated rings. The number of para-hydroxylation sites is 1. The van der Waals surface area contributed by atoms with Gasteiger partial charge in [0.15, 0.2) is 0 Å². The van der Waals surface area contributed by atoms with E-state index in [0.29, 0.717) is 18.0 Å². The lowest BCUT2D eigenvalue weighted by atomic mass is 9.50. The highest BCUT2D eigenvalue weighted by molar-refractivity contribution is 5.64. The van der Waals surface area contributed by atoms with Gasteiger partial charge in [-0.2, -0.15) is 0 Å². The summed E-state index contributed by atoms with van der Waals surface area (Å²) in [7, 11) is 0. The number of nitrogens with zero attached hydrogens (tertiary/aromatic N) is 1. The second-order valence-electron chi connectivity index (χ2n) is 14.0. The molecule has 9 atom stereocenters. The molecule has 4 aliphatic heterocycles. The molecule has 0 saturated carbocycles. The van der Waals surface area contributed by atoms with Gasteiger partial charge in [-0.25, -0.2) is 0 Å². The lowest BCUT2D eigenvalue weighted by Crippen LogP contribution is -2.60. The Labute approximate surface area is 266 Å². The van der Waals surface area contributed by atoms with Crippen LogP contribution in [0.25, 0.3) is 0 Å². The molecule has 230 valence electrons. The largest absolute Gasteiger partial charge is 0.461 e. The van der Waals surface area contributed by atoms with E-state index in [4.69, 9.17) is 14.9 Å². The van der Waals surface area contributed by atoms with Crippen molar-refractivity contribution < 1.29 is 9.47 Å². The van der Waals surface area contributed by atoms with Gasteiger partial charge >= 0.3 is 0 Å². The van der Waals surface area contributed by atoms with Crippen molar-refractivity contribution in [2.24, 2.45) is 23.7 Å². The number of hydrogen-bond acceptors (Lipinski definition) is 5. The average molecular weight is 598 g/mol. The maximum absolute atomic E-state index is 8.08. The summed E-state index contributed by atoms with van der Waals surface area (Å²) < 4.78 is 14.0. The van der Waals surface area contributed by atoms with Crippen LogP contribution in [0.3, 0.4) is 0 Å². The van der Waals surface area contributed by atoms with Crippen molar-refractivity contribution in [3.63, 3.8) is 0 Å². The Balaban J connectivity index is 1.17. The maximum Gasteiger partial charge on any atom is 0.131 e. The molecule has 4 aliphatic carbocycles. The Hall–Kier alpha value is -3.83. The Morgan fingerprint density at radius 2 is 1.96 bits per heavy atom. The first-order valence-electron chi connectivity index (χ1n) is 17.2. The number of dihydropyridines is 1. The Bertz CT molecular complexity index is 1670. The molecule has 0 bridgehead atoms. The van der Waals surface area contributed by atoms with Crippen molar-refractivity contribution in [2.45, 2.75) is 75.2 Å². The van der Waals surface area contributed by atoms with Crippen LogP contribution in [0.2, 0.25) is 0 Å². The van der Waals surface area contributed by atoms with Crippen molar-refractivity contribution >= 4 is 6.21 Å². The summed E-state index contributed by atoms with van der Waals surface area (Å²) in [6.07, 6.45) is 33.4. The van der Waals surface area contributed by atoms with E-state index in [0.717, 1.165) is 38.0 Å². The summed E-state index contributed by atoms with van der Waals surface area (Å²) in [5, 5.41) is 11.6. The van der Waals surface area contributed by atoms with E-state index >= 15 is 0 Å². The predicted molar refractivity (Wildman–Crippen MR) is 179 cm³/mol. The Kier molecular flexibility index (Phi) is 6.49. The van der Waals surface area contributed by atoms with E-state index in [1.54, 1.807) is 11.8 Å². The van der Waals surface area contributed by atoms with E-state index in [9.17, 15) is 0 Å². The second-order valence-corrected chi connectivity index (χ2v) is 14.0. The third kappa shape index (κ3) is 3.92. The monoisotopic (exact) mass is 597 g/mol. The third-order valence-corrected chi connectivity index (χ3v) is 12.1. The van der Waals surface area contributed by atoms with Gasteiger partial charge in [0.25, 0.3) is 0 Å². The van der Waals surface area contributed by atoms with Crippen LogP contribution in [0.5, 0.6) is 5.75 Å². The van der Waals surface area contributed by atoms with Crippen molar-refractivity contribution in [1.29, 1.82) is 5.41 Å². The highest BCUT2D eigenvalue weighted by atomic mass is 16.5. The molecule has 0 amide bonds. The van der Waals surface area contributed by atoms with Crippen LogP contribution < -0.4 is 10.1 Å². The summed E-state index contributed by atoms with van der Waals surface area (Å²) in [6.45, 7) is 3.13. The molecule has 2 N–H and O–H groups in total. The van der Waals surface area contributed by atoms with Crippen LogP contribution in [-0.2, 0) is 10.2 Å². The molecule has 0 radical (unpaired) electrons. The summed E-state index contributed by atoms with van der Waals surface area (Å²) in [5.41, 5.74) is 6.78. The molecule has 45 heavy (non-hydrogen) atoms. The molecule has 5 heteroatoms. The topological polar surface area (TPSA) is 57.6 Å². The first-order chi connectivity index (χ1) is 22.2. The molecular weight excluding hydrogens is 554 g/mol. The molecule has 1 saturated heterocycles. The number of nitrogens with one attached hydrogen (secondary N) is 2. The Morgan fingerprint density at radius 3 is 2.87 bits per heavy atom. The average Bonchev–Trinajstić information content (AvgIpc) is 3.43. The smallest absolute Gasteiger partial charge is 0.131 e. The number of hydrogen-bond donors (Lipinski definition) is 2. The fraction of sp³-hybridized carbons (Fsp3) is 0.425. The van der Waals surface area contributed by atoms with Gasteiger partial charge in [0.2, 0.25) is 0 Å². The minimum Gasteiger partial charge on any atom is -0.461 e. The zero-order valence-electron chi connectivity index (χ0n) is 26.1. The number of fused-ring (bicyclic) bond motifs is 9. The minimum atomic E-state index is -0.258. The summed E-state index contributed by atoms with van der Waals surface area (Å²) in [5.74, 6) is 3.24. The lowest BCUT2D eigenvalue weighted by Gasteiger charge is -2.59. The zero-order valence-corrected chi connectivity index (χ0v) is 26.1. The summed E-state index contributed by atoms with van der Waals surface area (Å²) in [6, 6.07) is 9.67. The quantitative estimate of drug-likeness (QED) is 0.280. The molecule has 4 heterocycles. The molecule has 9 rings (SSSR count). The molecular formula is C40H43N3O2. The van der Waals surface area contributed by atoms with Crippen molar-refractivity contribution in [1.82, 2.24) is 10.2 Å². The van der Waals surface area contributed by atoms with Gasteiger partial charge in [-0.3, -0.25) is 0 Å². The Morgan fingerprint density at radius 1 is 1.07 bits per heavy atom. The summed E-state index contributed by atoms with van der Waals surface area (Å²) in [4.78, 5) is 2.77. The fourth-order valence-corrected chi connectivity index (χ4v) is 10.2. The third-order valence-electron chi connectivity index (χ3n) is 12.1. The molecule has 1 spiro atoms. The number of rotatable bonds is 4. The number of benzene rings is 1. The van der Waals surface area contributed by atoms with Gasteiger partial charge in [0.1, 0.15) is 11.5 Å². The predicted octanol–water partition coefficient (Wildman–Crippen LogP) is 7.44. The van der Waals surface area contributed by atoms with Crippen LogP contribution in [-0.4, -0.2) is 42.0 Å². The van der Waals surface area contributed by atoms with E-state index < -0.39 is 0 Å². The van der Waals surface area contributed by atoms with Crippen LogP contribution in [0, 0.1) is 29.1 Å². The maximum atomic E-state index is 8.08. The fourth-order valence-electron chi connectivity index (χ4n) is 10.2. The highest BCUT2D eigenvalue weighted by Gasteiger charge is 2.61. The molecule has 5 nitrogen and oxygen atoms in total. The van der Waals surface area contributed by atoms with Crippen molar-refractivity contribution in [2.75, 3.05) is 6.54 Å². The molecule has 0 aromatic heterocycles. The normalized spacial score (nSPS) is 37.5. The van der Waals surface area contributed by atoms with Gasteiger partial charge < -0.3 is 25.1 Å². The standard InChI is InChI=1S/C40H43N3O2/c1-2-25(23-41)26-15-17-32-38(21-26)44-36-13-7-4-10-30(36)40(32)31-11-5-8-14-37(31)45-39-22-27(16-18-33(39)40)43-34-12-6-3-9-28(34)29-24-42-20-19-35(29)43/h4-8,10-15,17,19-21,23,25,27-28,30,32,34,36,38,41-42H,2-3,9,16,18,22,24H2,1H3. The number of allylic oxidation sites excluding steroid dienone is 7. The molecule has 8 aliphatic rings. The first kappa shape index (κ1) is 27.5. The molecule has 1 aromatic rings. The van der Waals surface area contributed by atoms with Crippen LogP contribution >= 0.6 is 0 Å². The van der Waals surface area contributed by atoms with Gasteiger partial charge in [-0.05, 0) is 67.2 Å². The molecule has 9 unspecified atom stereocenters. The van der Waals surface area contributed by atoms with Gasteiger partial charge in [0, 0.05) is 65.6 Å². The number of ether oxygens (including phenoxy) is 2. The van der Waals surface area contributed by atoms with Crippen molar-refractivity contribution in [3.8, 4) is 5.75 Å². The van der Waals surface area contributed by atoms with Crippen LogP contribution in [0.1, 0.15) is 51.0 Å². The second kappa shape index (κ2) is 10.6. The van der Waals surface area contributed by atoms with E-state index in [1.165, 1.54) is 41.0 Å². The zero-order chi connectivity index (χ0) is 30.1. The van der Waals surface area contributed by atoms with E-state index in [-0.39, 0.29) is 35.4 Å². The van der Waals surface area contributed by atoms with E-state index in [1.807, 2.05) is 0 Å². The van der Waals surface area contributed by atoms with Crippen molar-refractivity contribution in [3.05, 3.63) is 125 Å².